The molecule has 32 heavy (non-hydrogen) atoms. The average Bonchev–Trinajstić information content (AvgIpc) is 3.36. The van der Waals surface area contributed by atoms with E-state index in [2.05, 4.69) is 4.99 Å². The standard InChI is InChI=1S/C24H20Cl2N2O3S/c1-30-13-5-12-28-23(29)22(32-24(28)27-17-6-3-2-4-7-17)15-18-9-11-21(31-18)19-14-16(25)8-10-20(19)26/h2-4,6-11,14-15H,5,12-13H2,1H3/b22-15-,27-24?. The fraction of sp³-hybridized carbons (Fsp3) is 0.167. The fourth-order valence-corrected chi connectivity index (χ4v) is 4.55. The van der Waals surface area contributed by atoms with E-state index in [0.717, 1.165) is 5.69 Å². The van der Waals surface area contributed by atoms with Crippen LogP contribution in [0.15, 0.2) is 75.0 Å². The van der Waals surface area contributed by atoms with E-state index in [0.29, 0.717) is 56.8 Å². The number of nitrogens with zero attached hydrogens (tertiary/aromatic N) is 2. The van der Waals surface area contributed by atoms with E-state index in [9.17, 15) is 4.79 Å². The number of benzene rings is 2. The molecule has 2 aromatic carbocycles. The number of hydrogen-bond donors (Lipinski definition) is 0. The molecule has 164 valence electrons. The molecule has 0 bridgehead atoms. The van der Waals surface area contributed by atoms with Gasteiger partial charge in [0.05, 0.1) is 15.6 Å². The Morgan fingerprint density at radius 3 is 2.72 bits per heavy atom. The molecule has 0 atom stereocenters. The number of hydrogen-bond acceptors (Lipinski definition) is 5. The van der Waals surface area contributed by atoms with Crippen LogP contribution in [0.1, 0.15) is 12.2 Å². The summed E-state index contributed by atoms with van der Waals surface area (Å²) < 4.78 is 11.1. The molecule has 5 nitrogen and oxygen atoms in total. The van der Waals surface area contributed by atoms with E-state index in [1.165, 1.54) is 11.8 Å². The van der Waals surface area contributed by atoms with Gasteiger partial charge >= 0.3 is 0 Å². The van der Waals surface area contributed by atoms with Crippen LogP contribution in [-0.4, -0.2) is 36.2 Å². The van der Waals surface area contributed by atoms with Gasteiger partial charge in [0.25, 0.3) is 5.91 Å². The van der Waals surface area contributed by atoms with Crippen molar-refractivity contribution in [1.29, 1.82) is 0 Å². The zero-order valence-electron chi connectivity index (χ0n) is 17.3. The van der Waals surface area contributed by atoms with Crippen molar-refractivity contribution in [1.82, 2.24) is 4.90 Å². The SMILES string of the molecule is COCCCN1C(=O)/C(=C/c2ccc(-c3cc(Cl)ccc3Cl)o2)SC1=Nc1ccccc1. The largest absolute Gasteiger partial charge is 0.457 e. The van der Waals surface area contributed by atoms with E-state index in [1.807, 2.05) is 36.4 Å². The molecule has 1 aliphatic rings. The Morgan fingerprint density at radius 1 is 1.12 bits per heavy atom. The second kappa shape index (κ2) is 10.4. The summed E-state index contributed by atoms with van der Waals surface area (Å²) in [6.07, 6.45) is 2.44. The normalized spacial score (nSPS) is 16.5. The predicted molar refractivity (Wildman–Crippen MR) is 131 cm³/mol. The van der Waals surface area contributed by atoms with Gasteiger partial charge in [-0.2, -0.15) is 0 Å². The number of amidine groups is 1. The molecule has 1 amide bonds. The maximum absolute atomic E-state index is 13.1. The van der Waals surface area contributed by atoms with Crippen LogP contribution in [0.2, 0.25) is 10.0 Å². The molecule has 0 spiro atoms. The molecule has 1 saturated heterocycles. The van der Waals surface area contributed by atoms with Crippen molar-refractivity contribution in [3.63, 3.8) is 0 Å². The van der Waals surface area contributed by atoms with Gasteiger partial charge in [0, 0.05) is 36.9 Å². The number of furan rings is 1. The first-order valence-corrected chi connectivity index (χ1v) is 11.5. The average molecular weight is 487 g/mol. The molecule has 8 heteroatoms. The monoisotopic (exact) mass is 486 g/mol. The molecule has 1 fully saturated rings. The predicted octanol–water partition coefficient (Wildman–Crippen LogP) is 6.89. The van der Waals surface area contributed by atoms with Crippen molar-refractivity contribution >= 4 is 57.8 Å². The number of amides is 1. The van der Waals surface area contributed by atoms with Gasteiger partial charge < -0.3 is 9.15 Å². The second-order valence-corrected chi connectivity index (χ2v) is 8.82. The maximum Gasteiger partial charge on any atom is 0.266 e. The summed E-state index contributed by atoms with van der Waals surface area (Å²) in [5, 5.41) is 1.74. The van der Waals surface area contributed by atoms with Crippen molar-refractivity contribution in [3.8, 4) is 11.3 Å². The minimum atomic E-state index is -0.112. The Morgan fingerprint density at radius 2 is 1.94 bits per heavy atom. The van der Waals surface area contributed by atoms with Gasteiger partial charge in [0.1, 0.15) is 11.5 Å². The van der Waals surface area contributed by atoms with Gasteiger partial charge in [0.2, 0.25) is 0 Å². The van der Waals surface area contributed by atoms with E-state index in [-0.39, 0.29) is 5.91 Å². The number of para-hydroxylation sites is 1. The van der Waals surface area contributed by atoms with Gasteiger partial charge in [0.15, 0.2) is 5.17 Å². The van der Waals surface area contributed by atoms with E-state index >= 15 is 0 Å². The number of rotatable bonds is 7. The smallest absolute Gasteiger partial charge is 0.266 e. The molecule has 0 saturated carbocycles. The number of carbonyl (C=O) groups is 1. The lowest BCUT2D eigenvalue weighted by atomic mass is 10.2. The highest BCUT2D eigenvalue weighted by Gasteiger charge is 2.33. The van der Waals surface area contributed by atoms with Crippen LogP contribution < -0.4 is 0 Å². The van der Waals surface area contributed by atoms with Crippen LogP contribution in [0.5, 0.6) is 0 Å². The molecule has 1 aromatic heterocycles. The summed E-state index contributed by atoms with van der Waals surface area (Å²) in [5.41, 5.74) is 1.48. The number of carbonyl (C=O) groups excluding carboxylic acids is 1. The van der Waals surface area contributed by atoms with E-state index in [4.69, 9.17) is 32.4 Å². The molecular formula is C24H20Cl2N2O3S. The van der Waals surface area contributed by atoms with Crippen LogP contribution >= 0.6 is 35.0 Å². The molecule has 1 aliphatic heterocycles. The van der Waals surface area contributed by atoms with Gasteiger partial charge in [-0.3, -0.25) is 9.69 Å². The number of aliphatic imine (C=N–C) groups is 1. The molecule has 2 heterocycles. The van der Waals surface area contributed by atoms with Crippen LogP contribution in [0.4, 0.5) is 5.69 Å². The summed E-state index contributed by atoms with van der Waals surface area (Å²) >= 11 is 13.7. The summed E-state index contributed by atoms with van der Waals surface area (Å²) in [6, 6.07) is 18.4. The fourth-order valence-electron chi connectivity index (χ4n) is 3.16. The summed E-state index contributed by atoms with van der Waals surface area (Å²) in [6.45, 7) is 1.08. The minimum Gasteiger partial charge on any atom is -0.457 e. The third-order valence-electron chi connectivity index (χ3n) is 4.69. The minimum absolute atomic E-state index is 0.112. The van der Waals surface area contributed by atoms with Crippen molar-refractivity contribution in [2.75, 3.05) is 20.3 Å². The first kappa shape index (κ1) is 22.7. The van der Waals surface area contributed by atoms with Crippen LogP contribution in [0.3, 0.4) is 0 Å². The highest BCUT2D eigenvalue weighted by atomic mass is 35.5. The van der Waals surface area contributed by atoms with Crippen LogP contribution in [0, 0.1) is 0 Å². The third-order valence-corrected chi connectivity index (χ3v) is 6.26. The van der Waals surface area contributed by atoms with Gasteiger partial charge in [-0.05, 0) is 60.6 Å². The zero-order valence-corrected chi connectivity index (χ0v) is 19.6. The Balaban J connectivity index is 1.62. The van der Waals surface area contributed by atoms with Gasteiger partial charge in [-0.15, -0.1) is 0 Å². The third kappa shape index (κ3) is 5.27. The maximum atomic E-state index is 13.1. The van der Waals surface area contributed by atoms with Crippen molar-refractivity contribution in [2.24, 2.45) is 4.99 Å². The summed E-state index contributed by atoms with van der Waals surface area (Å²) in [7, 11) is 1.64. The molecule has 3 aromatic rings. The van der Waals surface area contributed by atoms with Crippen molar-refractivity contribution < 1.29 is 13.9 Å². The topological polar surface area (TPSA) is 55.0 Å². The number of thioether (sulfide) groups is 1. The Kier molecular flexibility index (Phi) is 7.37. The number of halogens is 2. The molecule has 0 unspecified atom stereocenters. The molecule has 0 radical (unpaired) electrons. The highest BCUT2D eigenvalue weighted by molar-refractivity contribution is 8.18. The number of ether oxygens (including phenoxy) is 1. The lowest BCUT2D eigenvalue weighted by Crippen LogP contribution is -2.30. The first-order valence-electron chi connectivity index (χ1n) is 9.94. The zero-order chi connectivity index (χ0) is 22.5. The van der Waals surface area contributed by atoms with Crippen molar-refractivity contribution in [2.45, 2.75) is 6.42 Å². The Bertz CT molecular complexity index is 1170. The van der Waals surface area contributed by atoms with Crippen molar-refractivity contribution in [3.05, 3.63) is 81.4 Å². The lowest BCUT2D eigenvalue weighted by molar-refractivity contribution is -0.122. The van der Waals surface area contributed by atoms with Crippen LogP contribution in [0.25, 0.3) is 17.4 Å². The Labute approximate surface area is 200 Å². The van der Waals surface area contributed by atoms with Gasteiger partial charge in [-0.25, -0.2) is 4.99 Å². The summed E-state index contributed by atoms with van der Waals surface area (Å²) in [4.78, 5) is 20.0. The highest BCUT2D eigenvalue weighted by Crippen LogP contribution is 2.36. The number of methoxy groups -OCH3 is 1. The van der Waals surface area contributed by atoms with Crippen LogP contribution in [-0.2, 0) is 9.53 Å². The van der Waals surface area contributed by atoms with E-state index in [1.54, 1.807) is 42.4 Å². The first-order chi connectivity index (χ1) is 15.5. The molecule has 0 aliphatic carbocycles. The van der Waals surface area contributed by atoms with Gasteiger partial charge in [-0.1, -0.05) is 41.4 Å². The summed E-state index contributed by atoms with van der Waals surface area (Å²) in [5.74, 6) is 1.01. The molecule has 4 rings (SSSR count). The van der Waals surface area contributed by atoms with E-state index < -0.39 is 0 Å². The molecule has 0 N–H and O–H groups in total. The lowest BCUT2D eigenvalue weighted by Gasteiger charge is -2.15. The Hall–Kier alpha value is -2.51. The molecular weight excluding hydrogens is 467 g/mol. The quantitative estimate of drug-likeness (QED) is 0.269. The second-order valence-electron chi connectivity index (χ2n) is 6.97.